The molecule has 1 N–H and O–H groups in total. The molecule has 1 saturated heterocycles. The summed E-state index contributed by atoms with van der Waals surface area (Å²) in [5.74, 6) is 1.97. The van der Waals surface area contributed by atoms with Crippen molar-refractivity contribution >= 4 is 11.8 Å². The predicted octanol–water partition coefficient (Wildman–Crippen LogP) is 2.44. The Hall–Kier alpha value is -2.60. The van der Waals surface area contributed by atoms with Gasteiger partial charge in [0.15, 0.2) is 5.96 Å². The highest BCUT2D eigenvalue weighted by Crippen LogP contribution is 2.19. The molecule has 0 aliphatic carbocycles. The van der Waals surface area contributed by atoms with Gasteiger partial charge in [0.25, 0.3) is 0 Å². The predicted molar refractivity (Wildman–Crippen MR) is 113 cm³/mol. The van der Waals surface area contributed by atoms with Gasteiger partial charge < -0.3 is 19.9 Å². The van der Waals surface area contributed by atoms with Crippen LogP contribution in [0.5, 0.6) is 0 Å². The fourth-order valence-electron chi connectivity index (χ4n) is 3.92. The summed E-state index contributed by atoms with van der Waals surface area (Å²) in [4.78, 5) is 13.8. The largest absolute Gasteiger partial charge is 0.375 e. The number of rotatable bonds is 3. The topological polar surface area (TPSA) is 53.0 Å². The first-order valence-electron chi connectivity index (χ1n) is 10.1. The van der Waals surface area contributed by atoms with Gasteiger partial charge in [-0.1, -0.05) is 30.3 Å². The number of nitrogens with zero attached hydrogens (tertiary/aromatic N) is 4. The third kappa shape index (κ3) is 4.28. The molecule has 1 aromatic heterocycles. The van der Waals surface area contributed by atoms with Crippen molar-refractivity contribution in [2.45, 2.75) is 32.5 Å². The van der Waals surface area contributed by atoms with Crippen LogP contribution in [0.25, 0.3) is 0 Å². The molecule has 28 heavy (non-hydrogen) atoms. The molecule has 1 aromatic carbocycles. The van der Waals surface area contributed by atoms with Gasteiger partial charge in [-0.15, -0.1) is 0 Å². The number of hydrogen-bond acceptors (Lipinski definition) is 4. The SMILES string of the molecule is CN=C(NCc1ccc(N2CCOC(C)C2)nc1)N1CCc2ccccc2C1. The van der Waals surface area contributed by atoms with E-state index in [0.717, 1.165) is 63.1 Å². The number of pyridine rings is 1. The van der Waals surface area contributed by atoms with E-state index in [-0.39, 0.29) is 6.10 Å². The third-order valence-corrected chi connectivity index (χ3v) is 5.47. The summed E-state index contributed by atoms with van der Waals surface area (Å²) in [6, 6.07) is 12.9. The van der Waals surface area contributed by atoms with Crippen molar-refractivity contribution < 1.29 is 4.74 Å². The lowest BCUT2D eigenvalue weighted by Crippen LogP contribution is -2.43. The Morgan fingerprint density at radius 1 is 1.21 bits per heavy atom. The zero-order chi connectivity index (χ0) is 19.3. The van der Waals surface area contributed by atoms with Crippen molar-refractivity contribution in [2.75, 3.05) is 38.2 Å². The molecule has 4 rings (SSSR count). The van der Waals surface area contributed by atoms with Gasteiger partial charge in [0.1, 0.15) is 5.82 Å². The maximum Gasteiger partial charge on any atom is 0.194 e. The van der Waals surface area contributed by atoms with Crippen LogP contribution in [0.4, 0.5) is 5.82 Å². The van der Waals surface area contributed by atoms with Gasteiger partial charge in [-0.25, -0.2) is 4.98 Å². The average molecular weight is 380 g/mol. The Kier molecular flexibility index (Phi) is 5.76. The monoisotopic (exact) mass is 379 g/mol. The molecule has 0 radical (unpaired) electrons. The minimum atomic E-state index is 0.259. The zero-order valence-corrected chi connectivity index (χ0v) is 16.8. The van der Waals surface area contributed by atoms with E-state index < -0.39 is 0 Å². The molecule has 1 atom stereocenters. The van der Waals surface area contributed by atoms with Crippen molar-refractivity contribution in [1.29, 1.82) is 0 Å². The van der Waals surface area contributed by atoms with E-state index in [1.807, 2.05) is 13.2 Å². The van der Waals surface area contributed by atoms with Crippen LogP contribution >= 0.6 is 0 Å². The maximum absolute atomic E-state index is 5.61. The smallest absolute Gasteiger partial charge is 0.194 e. The highest BCUT2D eigenvalue weighted by Gasteiger charge is 2.19. The highest BCUT2D eigenvalue weighted by atomic mass is 16.5. The van der Waals surface area contributed by atoms with Gasteiger partial charge in [-0.2, -0.15) is 0 Å². The van der Waals surface area contributed by atoms with E-state index in [0.29, 0.717) is 0 Å². The second kappa shape index (κ2) is 8.61. The molecule has 0 saturated carbocycles. The molecule has 6 nitrogen and oxygen atoms in total. The molecule has 1 fully saturated rings. The summed E-state index contributed by atoms with van der Waals surface area (Å²) in [5, 5.41) is 3.49. The molecular formula is C22H29N5O. The number of guanidine groups is 1. The quantitative estimate of drug-likeness (QED) is 0.656. The van der Waals surface area contributed by atoms with E-state index >= 15 is 0 Å². The van der Waals surface area contributed by atoms with Crippen molar-refractivity contribution in [2.24, 2.45) is 4.99 Å². The summed E-state index contributed by atoms with van der Waals surface area (Å²) in [7, 11) is 1.85. The van der Waals surface area contributed by atoms with Gasteiger partial charge in [0, 0.05) is 46.0 Å². The summed E-state index contributed by atoms with van der Waals surface area (Å²) in [6.07, 6.45) is 3.28. The van der Waals surface area contributed by atoms with Gasteiger partial charge in [-0.05, 0) is 36.1 Å². The normalized spacial score (nSPS) is 20.1. The fraction of sp³-hybridized carbons (Fsp3) is 0.455. The van der Waals surface area contributed by atoms with Crippen molar-refractivity contribution in [3.8, 4) is 0 Å². The minimum absolute atomic E-state index is 0.259. The number of hydrogen-bond donors (Lipinski definition) is 1. The van der Waals surface area contributed by atoms with E-state index in [4.69, 9.17) is 4.74 Å². The molecule has 2 aliphatic rings. The molecular weight excluding hydrogens is 350 g/mol. The molecule has 0 spiro atoms. The number of benzene rings is 1. The maximum atomic E-state index is 5.61. The Morgan fingerprint density at radius 2 is 2.07 bits per heavy atom. The third-order valence-electron chi connectivity index (χ3n) is 5.47. The molecule has 0 amide bonds. The first-order valence-corrected chi connectivity index (χ1v) is 10.1. The van der Waals surface area contributed by atoms with Crippen LogP contribution < -0.4 is 10.2 Å². The lowest BCUT2D eigenvalue weighted by atomic mass is 10.0. The lowest BCUT2D eigenvalue weighted by molar-refractivity contribution is 0.0529. The second-order valence-corrected chi connectivity index (χ2v) is 7.49. The van der Waals surface area contributed by atoms with E-state index in [1.165, 1.54) is 11.1 Å². The van der Waals surface area contributed by atoms with Crippen molar-refractivity contribution in [1.82, 2.24) is 15.2 Å². The average Bonchev–Trinajstić information content (AvgIpc) is 2.74. The Morgan fingerprint density at radius 3 is 2.82 bits per heavy atom. The van der Waals surface area contributed by atoms with Crippen LogP contribution in [0, 0.1) is 0 Å². The number of anilines is 1. The van der Waals surface area contributed by atoms with Crippen LogP contribution in [-0.4, -0.2) is 55.2 Å². The first-order chi connectivity index (χ1) is 13.7. The van der Waals surface area contributed by atoms with Crippen LogP contribution in [0.3, 0.4) is 0 Å². The molecule has 1 unspecified atom stereocenters. The van der Waals surface area contributed by atoms with Gasteiger partial charge >= 0.3 is 0 Å². The van der Waals surface area contributed by atoms with Crippen LogP contribution in [0.15, 0.2) is 47.6 Å². The lowest BCUT2D eigenvalue weighted by Gasteiger charge is -2.32. The molecule has 2 aliphatic heterocycles. The number of morpholine rings is 1. The summed E-state index contributed by atoms with van der Waals surface area (Å²) < 4.78 is 5.61. The highest BCUT2D eigenvalue weighted by molar-refractivity contribution is 5.80. The van der Waals surface area contributed by atoms with Crippen LogP contribution in [-0.2, 0) is 24.2 Å². The Bertz CT molecular complexity index is 820. The van der Waals surface area contributed by atoms with E-state index in [9.17, 15) is 0 Å². The second-order valence-electron chi connectivity index (χ2n) is 7.49. The van der Waals surface area contributed by atoms with Crippen LogP contribution in [0.1, 0.15) is 23.6 Å². The standard InChI is InChI=1S/C22H29N5O/c1-17-15-26(11-12-28-17)21-8-7-18(13-24-21)14-25-22(23-2)27-10-9-19-5-3-4-6-20(19)16-27/h3-8,13,17H,9-12,14-16H2,1-2H3,(H,23,25). The number of nitrogens with one attached hydrogen (secondary N) is 1. The molecule has 0 bridgehead atoms. The Labute approximate surface area is 167 Å². The molecule has 3 heterocycles. The summed E-state index contributed by atoms with van der Waals surface area (Å²) in [6.45, 7) is 7.28. The summed E-state index contributed by atoms with van der Waals surface area (Å²) in [5.41, 5.74) is 4.00. The number of aromatic nitrogens is 1. The van der Waals surface area contributed by atoms with Crippen molar-refractivity contribution in [3.63, 3.8) is 0 Å². The van der Waals surface area contributed by atoms with E-state index in [1.54, 1.807) is 0 Å². The minimum Gasteiger partial charge on any atom is -0.375 e. The van der Waals surface area contributed by atoms with E-state index in [2.05, 4.69) is 68.4 Å². The molecule has 2 aromatic rings. The van der Waals surface area contributed by atoms with Gasteiger partial charge in [0.2, 0.25) is 0 Å². The van der Waals surface area contributed by atoms with Crippen molar-refractivity contribution in [3.05, 3.63) is 59.3 Å². The van der Waals surface area contributed by atoms with Gasteiger partial charge in [-0.3, -0.25) is 4.99 Å². The molecule has 148 valence electrons. The van der Waals surface area contributed by atoms with Crippen LogP contribution in [0.2, 0.25) is 0 Å². The number of aliphatic imine (C=N–C) groups is 1. The molecule has 6 heteroatoms. The number of fused-ring (bicyclic) bond motifs is 1. The zero-order valence-electron chi connectivity index (χ0n) is 16.8. The number of ether oxygens (including phenoxy) is 1. The summed E-state index contributed by atoms with van der Waals surface area (Å²) >= 11 is 0. The first kappa shape index (κ1) is 18.7. The van der Waals surface area contributed by atoms with Gasteiger partial charge in [0.05, 0.1) is 12.7 Å². The Balaban J connectivity index is 1.34. The fourth-order valence-corrected chi connectivity index (χ4v) is 3.92.